The molecular formula is C13H19N5. The predicted molar refractivity (Wildman–Crippen MR) is 71.9 cm³/mol. The van der Waals surface area contributed by atoms with Gasteiger partial charge in [0.05, 0.1) is 0 Å². The highest BCUT2D eigenvalue weighted by Gasteiger charge is 2.09. The Bertz CT molecular complexity index is 498. The quantitative estimate of drug-likeness (QED) is 0.648. The first kappa shape index (κ1) is 12.5. The fourth-order valence-corrected chi connectivity index (χ4v) is 2.02. The molecule has 2 N–H and O–H groups in total. The molecular weight excluding hydrogens is 226 g/mol. The van der Waals surface area contributed by atoms with Crippen molar-refractivity contribution in [2.45, 2.75) is 39.7 Å². The van der Waals surface area contributed by atoms with E-state index in [1.165, 1.54) is 12.8 Å². The summed E-state index contributed by atoms with van der Waals surface area (Å²) in [7, 11) is 0. The predicted octanol–water partition coefficient (Wildman–Crippen LogP) is 2.42. The first-order chi connectivity index (χ1) is 8.70. The summed E-state index contributed by atoms with van der Waals surface area (Å²) in [6.07, 6.45) is 3.47. The van der Waals surface area contributed by atoms with Gasteiger partial charge in [-0.05, 0) is 47.5 Å². The monoisotopic (exact) mass is 245 g/mol. The summed E-state index contributed by atoms with van der Waals surface area (Å²) in [6, 6.07) is 5.90. The van der Waals surface area contributed by atoms with Gasteiger partial charge in [0.1, 0.15) is 0 Å². The lowest BCUT2D eigenvalue weighted by Gasteiger charge is -2.06. The third-order valence-electron chi connectivity index (χ3n) is 2.86. The molecule has 0 unspecified atom stereocenters. The Morgan fingerprint density at radius 2 is 2.06 bits per heavy atom. The normalized spacial score (nSPS) is 10.8. The van der Waals surface area contributed by atoms with Gasteiger partial charge in [-0.2, -0.15) is 0 Å². The van der Waals surface area contributed by atoms with Crippen molar-refractivity contribution in [2.75, 3.05) is 5.73 Å². The number of benzene rings is 1. The number of hydrogen-bond acceptors (Lipinski definition) is 4. The summed E-state index contributed by atoms with van der Waals surface area (Å²) in [4.78, 5) is 0. The minimum atomic E-state index is 0.744. The average molecular weight is 245 g/mol. The number of anilines is 1. The highest BCUT2D eigenvalue weighted by molar-refractivity contribution is 5.62. The molecule has 96 valence electrons. The maximum Gasteiger partial charge on any atom is 0.182 e. The van der Waals surface area contributed by atoms with Crippen molar-refractivity contribution in [1.82, 2.24) is 20.2 Å². The first-order valence-corrected chi connectivity index (χ1v) is 6.34. The molecule has 0 amide bonds. The van der Waals surface area contributed by atoms with Crippen LogP contribution < -0.4 is 5.73 Å². The van der Waals surface area contributed by atoms with E-state index < -0.39 is 0 Å². The van der Waals surface area contributed by atoms with E-state index in [9.17, 15) is 0 Å². The SMILES string of the molecule is CCCCCn1nnnc1-c1cc(C)cc(N)c1. The Kier molecular flexibility index (Phi) is 3.92. The summed E-state index contributed by atoms with van der Waals surface area (Å²) in [5.41, 5.74) is 8.70. The standard InChI is InChI=1S/C13H19N5/c1-3-4-5-6-18-13(15-16-17-18)11-7-10(2)8-12(14)9-11/h7-9H,3-6,14H2,1-2H3. The zero-order chi connectivity index (χ0) is 13.0. The van der Waals surface area contributed by atoms with Gasteiger partial charge in [0.25, 0.3) is 0 Å². The summed E-state index contributed by atoms with van der Waals surface area (Å²) in [6.45, 7) is 5.05. The maximum absolute atomic E-state index is 5.86. The van der Waals surface area contributed by atoms with E-state index in [4.69, 9.17) is 5.73 Å². The van der Waals surface area contributed by atoms with Gasteiger partial charge < -0.3 is 5.73 Å². The second-order valence-corrected chi connectivity index (χ2v) is 4.57. The lowest BCUT2D eigenvalue weighted by molar-refractivity contribution is 0.541. The molecule has 2 aromatic rings. The van der Waals surface area contributed by atoms with Crippen molar-refractivity contribution in [3.05, 3.63) is 23.8 Å². The van der Waals surface area contributed by atoms with E-state index in [1.807, 2.05) is 23.7 Å². The van der Waals surface area contributed by atoms with Crippen molar-refractivity contribution in [3.63, 3.8) is 0 Å². The largest absolute Gasteiger partial charge is 0.399 e. The van der Waals surface area contributed by atoms with Crippen LogP contribution in [-0.4, -0.2) is 20.2 Å². The molecule has 0 saturated heterocycles. The van der Waals surface area contributed by atoms with Gasteiger partial charge in [-0.25, -0.2) is 4.68 Å². The molecule has 5 heteroatoms. The van der Waals surface area contributed by atoms with Crippen molar-refractivity contribution >= 4 is 5.69 Å². The molecule has 0 bridgehead atoms. The topological polar surface area (TPSA) is 69.6 Å². The van der Waals surface area contributed by atoms with Crippen LogP contribution in [-0.2, 0) is 6.54 Å². The van der Waals surface area contributed by atoms with E-state index in [2.05, 4.69) is 28.5 Å². The second-order valence-electron chi connectivity index (χ2n) is 4.57. The Balaban J connectivity index is 2.24. The van der Waals surface area contributed by atoms with Gasteiger partial charge in [-0.15, -0.1) is 5.10 Å². The van der Waals surface area contributed by atoms with Gasteiger partial charge in [0.15, 0.2) is 5.82 Å². The molecule has 1 aromatic carbocycles. The number of nitrogens with zero attached hydrogens (tertiary/aromatic N) is 4. The number of nitrogen functional groups attached to an aromatic ring is 1. The molecule has 0 spiro atoms. The lowest BCUT2D eigenvalue weighted by Crippen LogP contribution is -2.03. The van der Waals surface area contributed by atoms with Gasteiger partial charge >= 0.3 is 0 Å². The first-order valence-electron chi connectivity index (χ1n) is 6.34. The highest BCUT2D eigenvalue weighted by atomic mass is 15.5. The number of rotatable bonds is 5. The zero-order valence-electron chi connectivity index (χ0n) is 10.9. The van der Waals surface area contributed by atoms with E-state index in [1.54, 1.807) is 0 Å². The maximum atomic E-state index is 5.86. The Labute approximate surface area is 107 Å². The minimum absolute atomic E-state index is 0.744. The highest BCUT2D eigenvalue weighted by Crippen LogP contribution is 2.21. The molecule has 0 radical (unpaired) electrons. The van der Waals surface area contributed by atoms with Crippen LogP contribution in [0.2, 0.25) is 0 Å². The zero-order valence-corrected chi connectivity index (χ0v) is 10.9. The van der Waals surface area contributed by atoms with E-state index >= 15 is 0 Å². The van der Waals surface area contributed by atoms with Crippen LogP contribution in [0.1, 0.15) is 31.7 Å². The number of aryl methyl sites for hydroxylation is 2. The third kappa shape index (κ3) is 2.85. The van der Waals surface area contributed by atoms with Crippen molar-refractivity contribution in [2.24, 2.45) is 0 Å². The van der Waals surface area contributed by atoms with Crippen molar-refractivity contribution < 1.29 is 0 Å². The Morgan fingerprint density at radius 3 is 2.78 bits per heavy atom. The molecule has 18 heavy (non-hydrogen) atoms. The number of tetrazole rings is 1. The van der Waals surface area contributed by atoms with Crippen molar-refractivity contribution in [3.8, 4) is 11.4 Å². The summed E-state index contributed by atoms with van der Waals surface area (Å²) in [5.74, 6) is 0.793. The number of hydrogen-bond donors (Lipinski definition) is 1. The number of aromatic nitrogens is 4. The molecule has 0 aliphatic heterocycles. The van der Waals surface area contributed by atoms with Crippen LogP contribution in [0.4, 0.5) is 5.69 Å². The molecule has 0 aliphatic rings. The minimum Gasteiger partial charge on any atom is -0.399 e. The van der Waals surface area contributed by atoms with E-state index in [0.29, 0.717) is 0 Å². The molecule has 1 heterocycles. The number of nitrogens with two attached hydrogens (primary N) is 1. The summed E-state index contributed by atoms with van der Waals surface area (Å²) >= 11 is 0. The second kappa shape index (κ2) is 5.62. The van der Waals surface area contributed by atoms with Crippen LogP contribution in [0, 0.1) is 6.92 Å². The lowest BCUT2D eigenvalue weighted by atomic mass is 10.1. The van der Waals surface area contributed by atoms with E-state index in [0.717, 1.165) is 35.6 Å². The van der Waals surface area contributed by atoms with Crippen LogP contribution in [0.5, 0.6) is 0 Å². The van der Waals surface area contributed by atoms with Crippen LogP contribution in [0.3, 0.4) is 0 Å². The van der Waals surface area contributed by atoms with Gasteiger partial charge in [-0.3, -0.25) is 0 Å². The molecule has 0 atom stereocenters. The molecule has 1 aromatic heterocycles. The van der Waals surface area contributed by atoms with Crippen LogP contribution in [0.15, 0.2) is 18.2 Å². The average Bonchev–Trinajstić information content (AvgIpc) is 2.76. The van der Waals surface area contributed by atoms with Crippen LogP contribution >= 0.6 is 0 Å². The fraction of sp³-hybridized carbons (Fsp3) is 0.462. The Hall–Kier alpha value is -1.91. The molecule has 0 saturated carbocycles. The number of unbranched alkanes of at least 4 members (excludes halogenated alkanes) is 2. The molecule has 5 nitrogen and oxygen atoms in total. The fourth-order valence-electron chi connectivity index (χ4n) is 2.02. The summed E-state index contributed by atoms with van der Waals surface area (Å²) < 4.78 is 1.85. The van der Waals surface area contributed by atoms with Gasteiger partial charge in [0, 0.05) is 17.8 Å². The molecule has 2 rings (SSSR count). The molecule has 0 aliphatic carbocycles. The smallest absolute Gasteiger partial charge is 0.182 e. The van der Waals surface area contributed by atoms with Crippen LogP contribution in [0.25, 0.3) is 11.4 Å². The van der Waals surface area contributed by atoms with Gasteiger partial charge in [0.2, 0.25) is 0 Å². The third-order valence-corrected chi connectivity index (χ3v) is 2.86. The van der Waals surface area contributed by atoms with E-state index in [-0.39, 0.29) is 0 Å². The molecule has 0 fully saturated rings. The summed E-state index contributed by atoms with van der Waals surface area (Å²) in [5, 5.41) is 11.9. The Morgan fingerprint density at radius 1 is 1.22 bits per heavy atom. The van der Waals surface area contributed by atoms with Crippen molar-refractivity contribution in [1.29, 1.82) is 0 Å². The van der Waals surface area contributed by atoms with Gasteiger partial charge in [-0.1, -0.05) is 19.8 Å².